The Labute approximate surface area is 134 Å². The molecule has 1 atom stereocenters. The zero-order valence-corrected chi connectivity index (χ0v) is 14.2. The van der Waals surface area contributed by atoms with Crippen molar-refractivity contribution >= 4 is 23.3 Å². The van der Waals surface area contributed by atoms with Gasteiger partial charge in [0.25, 0.3) is 0 Å². The van der Waals surface area contributed by atoms with E-state index in [9.17, 15) is 0 Å². The molecular weight excluding hydrogens is 280 g/mol. The third-order valence-corrected chi connectivity index (χ3v) is 4.73. The van der Waals surface area contributed by atoms with Crippen LogP contribution in [0.5, 0.6) is 0 Å². The number of halogens is 1. The first-order chi connectivity index (χ1) is 9.72. The van der Waals surface area contributed by atoms with Gasteiger partial charge in [0, 0.05) is 29.1 Å². The van der Waals surface area contributed by atoms with E-state index in [1.807, 2.05) is 0 Å². The Kier molecular flexibility index (Phi) is 5.34. The van der Waals surface area contributed by atoms with Crippen molar-refractivity contribution in [2.24, 2.45) is 0 Å². The topological polar surface area (TPSA) is 8.17 Å². The van der Waals surface area contributed by atoms with E-state index in [2.05, 4.69) is 54.8 Å². The molecule has 1 heterocycles. The molecule has 2 nitrogen and oxygen atoms in total. The summed E-state index contributed by atoms with van der Waals surface area (Å²) in [5, 5.41) is 1.50. The van der Waals surface area contributed by atoms with Crippen LogP contribution >= 0.6 is 12.4 Å². The third-order valence-electron chi connectivity index (χ3n) is 4.73. The highest BCUT2D eigenvalue weighted by atomic mass is 35.5. The quantitative estimate of drug-likeness (QED) is 0.810. The molecule has 0 radical (unpaired) electrons. The van der Waals surface area contributed by atoms with Gasteiger partial charge in [0.2, 0.25) is 0 Å². The fraction of sp³-hybridized carbons (Fsp3) is 0.556. The van der Waals surface area contributed by atoms with E-state index >= 15 is 0 Å². The molecule has 3 rings (SSSR count). The van der Waals surface area contributed by atoms with Gasteiger partial charge >= 0.3 is 0 Å². The molecular formula is C18H27ClN2. The van der Waals surface area contributed by atoms with E-state index < -0.39 is 0 Å². The lowest BCUT2D eigenvalue weighted by atomic mass is 9.84. The molecule has 1 aliphatic rings. The summed E-state index contributed by atoms with van der Waals surface area (Å²) in [6.07, 6.45) is 5.26. The number of aryl methyl sites for hydroxylation is 2. The second-order valence-corrected chi connectivity index (χ2v) is 6.31. The summed E-state index contributed by atoms with van der Waals surface area (Å²) in [4.78, 5) is 2.31. The zero-order valence-electron chi connectivity index (χ0n) is 13.4. The molecule has 1 aromatic carbocycles. The van der Waals surface area contributed by atoms with E-state index in [-0.39, 0.29) is 12.4 Å². The summed E-state index contributed by atoms with van der Waals surface area (Å²) < 4.78 is 2.57. The van der Waals surface area contributed by atoms with Gasteiger partial charge in [0.15, 0.2) is 0 Å². The van der Waals surface area contributed by atoms with E-state index in [0.717, 1.165) is 12.5 Å². The zero-order chi connectivity index (χ0) is 14.1. The molecule has 3 heteroatoms. The highest BCUT2D eigenvalue weighted by molar-refractivity contribution is 5.86. The van der Waals surface area contributed by atoms with Gasteiger partial charge in [-0.25, -0.2) is 0 Å². The molecule has 1 aromatic heterocycles. The molecule has 0 amide bonds. The molecule has 1 aliphatic carbocycles. The van der Waals surface area contributed by atoms with Gasteiger partial charge < -0.3 is 9.47 Å². The minimum atomic E-state index is 0. The normalized spacial score (nSPS) is 17.8. The van der Waals surface area contributed by atoms with Gasteiger partial charge in [-0.2, -0.15) is 0 Å². The molecule has 21 heavy (non-hydrogen) atoms. The van der Waals surface area contributed by atoms with Crippen LogP contribution in [0, 0.1) is 0 Å². The molecule has 2 aromatic rings. The van der Waals surface area contributed by atoms with Crippen LogP contribution in [0.3, 0.4) is 0 Å². The average Bonchev–Trinajstić information content (AvgIpc) is 2.79. The van der Waals surface area contributed by atoms with Crippen molar-refractivity contribution in [1.29, 1.82) is 0 Å². The number of rotatable bonds is 4. The van der Waals surface area contributed by atoms with Crippen molar-refractivity contribution in [3.63, 3.8) is 0 Å². The fourth-order valence-corrected chi connectivity index (χ4v) is 3.82. The van der Waals surface area contributed by atoms with E-state index in [0.29, 0.717) is 0 Å². The highest BCUT2D eigenvalue weighted by Gasteiger charge is 2.26. The lowest BCUT2D eigenvalue weighted by Crippen LogP contribution is -2.20. The van der Waals surface area contributed by atoms with Crippen LogP contribution in [0.4, 0.5) is 0 Å². The van der Waals surface area contributed by atoms with Crippen molar-refractivity contribution in [3.8, 4) is 0 Å². The van der Waals surface area contributed by atoms with Crippen molar-refractivity contribution in [2.75, 3.05) is 20.6 Å². The summed E-state index contributed by atoms with van der Waals surface area (Å²) in [5.41, 5.74) is 4.72. The van der Waals surface area contributed by atoms with Crippen molar-refractivity contribution in [2.45, 2.75) is 45.1 Å². The predicted octanol–water partition coefficient (Wildman–Crippen LogP) is 4.45. The van der Waals surface area contributed by atoms with Crippen LogP contribution in [0.15, 0.2) is 24.3 Å². The Balaban J connectivity index is 0.00000161. The van der Waals surface area contributed by atoms with Crippen LogP contribution in [-0.4, -0.2) is 30.1 Å². The largest absolute Gasteiger partial charge is 0.344 e. The molecule has 0 bridgehead atoms. The second-order valence-electron chi connectivity index (χ2n) is 6.31. The second kappa shape index (κ2) is 6.85. The van der Waals surface area contributed by atoms with Crippen LogP contribution in [0.2, 0.25) is 0 Å². The summed E-state index contributed by atoms with van der Waals surface area (Å²) in [6.45, 7) is 4.56. The first-order valence-corrected chi connectivity index (χ1v) is 7.97. The number of nitrogens with zero attached hydrogens (tertiary/aromatic N) is 2. The Hall–Kier alpha value is -0.990. The van der Waals surface area contributed by atoms with Gasteiger partial charge in [-0.1, -0.05) is 18.2 Å². The Morgan fingerprint density at radius 3 is 2.71 bits per heavy atom. The van der Waals surface area contributed by atoms with Crippen molar-refractivity contribution < 1.29 is 0 Å². The average molecular weight is 307 g/mol. The number of hydrogen-bond acceptors (Lipinski definition) is 1. The van der Waals surface area contributed by atoms with E-state index in [4.69, 9.17) is 0 Å². The first-order valence-electron chi connectivity index (χ1n) is 7.97. The maximum atomic E-state index is 2.57. The van der Waals surface area contributed by atoms with Crippen LogP contribution in [0.25, 0.3) is 10.9 Å². The summed E-state index contributed by atoms with van der Waals surface area (Å²) >= 11 is 0. The standard InChI is InChI=1S/C18H26N2.ClH/c1-4-20-17-11-6-5-9-15(17)16-10-7-8-14(18(16)20)12-13-19(2)3;/h5-6,9,11,14H,4,7-8,10,12-13H2,1-3H3;1H. The van der Waals surface area contributed by atoms with Crippen molar-refractivity contribution in [3.05, 3.63) is 35.5 Å². The lowest BCUT2D eigenvalue weighted by molar-refractivity contribution is 0.362. The van der Waals surface area contributed by atoms with Gasteiger partial charge in [0.05, 0.1) is 0 Å². The summed E-state index contributed by atoms with van der Waals surface area (Å²) in [5.74, 6) is 0.744. The van der Waals surface area contributed by atoms with E-state index in [1.54, 1.807) is 11.3 Å². The number of para-hydroxylation sites is 1. The van der Waals surface area contributed by atoms with Gasteiger partial charge in [-0.15, -0.1) is 12.4 Å². The molecule has 116 valence electrons. The SMILES string of the molecule is CCn1c2c(c3ccccc31)CCCC2CCN(C)C.Cl. The molecule has 0 fully saturated rings. The van der Waals surface area contributed by atoms with Crippen LogP contribution < -0.4 is 0 Å². The summed E-state index contributed by atoms with van der Waals surface area (Å²) in [7, 11) is 4.36. The highest BCUT2D eigenvalue weighted by Crippen LogP contribution is 2.40. The first kappa shape index (κ1) is 16.4. The maximum Gasteiger partial charge on any atom is 0.0485 e. The number of aromatic nitrogens is 1. The van der Waals surface area contributed by atoms with Gasteiger partial charge in [-0.3, -0.25) is 0 Å². The van der Waals surface area contributed by atoms with Gasteiger partial charge in [0.1, 0.15) is 0 Å². The summed E-state index contributed by atoms with van der Waals surface area (Å²) in [6, 6.07) is 8.97. The molecule has 0 saturated carbocycles. The maximum absolute atomic E-state index is 2.57. The predicted molar refractivity (Wildman–Crippen MR) is 93.7 cm³/mol. The molecule has 0 spiro atoms. The van der Waals surface area contributed by atoms with Gasteiger partial charge in [-0.05, 0) is 64.9 Å². The van der Waals surface area contributed by atoms with Crippen LogP contribution in [-0.2, 0) is 13.0 Å². The van der Waals surface area contributed by atoms with Crippen LogP contribution in [0.1, 0.15) is 43.4 Å². The lowest BCUT2D eigenvalue weighted by Gasteiger charge is -2.26. The van der Waals surface area contributed by atoms with E-state index in [1.165, 1.54) is 43.1 Å². The van der Waals surface area contributed by atoms with Crippen molar-refractivity contribution in [1.82, 2.24) is 9.47 Å². The molecule has 0 aliphatic heterocycles. The molecule has 0 saturated heterocycles. The Bertz CT molecular complexity index is 568. The number of hydrogen-bond donors (Lipinski definition) is 0. The molecule has 1 unspecified atom stereocenters. The monoisotopic (exact) mass is 306 g/mol. The minimum absolute atomic E-state index is 0. The third kappa shape index (κ3) is 2.97. The molecule has 0 N–H and O–H groups in total. The fourth-order valence-electron chi connectivity index (χ4n) is 3.82. The smallest absolute Gasteiger partial charge is 0.0485 e. The number of fused-ring (bicyclic) bond motifs is 3. The number of benzene rings is 1. The Morgan fingerprint density at radius 2 is 2.00 bits per heavy atom. The minimum Gasteiger partial charge on any atom is -0.344 e. The Morgan fingerprint density at radius 1 is 1.24 bits per heavy atom.